The smallest absolute Gasteiger partial charge is 0.328 e. The van der Waals surface area contributed by atoms with E-state index in [4.69, 9.17) is 4.74 Å². The van der Waals surface area contributed by atoms with Crippen LogP contribution < -0.4 is 16.0 Å². The molecule has 2 rings (SSSR count). The Balaban J connectivity index is 2.49. The van der Waals surface area contributed by atoms with Gasteiger partial charge in [-0.25, -0.2) is 4.79 Å². The number of benzene rings is 1. The molecular formula is C13H11FN2O4. The van der Waals surface area contributed by atoms with Crippen molar-refractivity contribution in [2.45, 2.75) is 6.54 Å². The van der Waals surface area contributed by atoms with Gasteiger partial charge in [0.2, 0.25) is 5.82 Å². The fourth-order valence-electron chi connectivity index (χ4n) is 1.78. The predicted molar refractivity (Wildman–Crippen MR) is 68.8 cm³/mol. The number of aromatic nitrogens is 2. The molecule has 0 spiro atoms. The molecule has 0 atom stereocenters. The molecule has 0 saturated carbocycles. The summed E-state index contributed by atoms with van der Waals surface area (Å²) in [6.07, 6.45) is 1.47. The van der Waals surface area contributed by atoms with Gasteiger partial charge in [-0.2, -0.15) is 4.39 Å². The van der Waals surface area contributed by atoms with Crippen LogP contribution in [0.5, 0.6) is 5.75 Å². The van der Waals surface area contributed by atoms with Gasteiger partial charge >= 0.3 is 5.69 Å². The minimum atomic E-state index is -1.07. The lowest BCUT2D eigenvalue weighted by molar-refractivity contribution is 0.112. The van der Waals surface area contributed by atoms with Crippen LogP contribution in [0.15, 0.2) is 34.0 Å². The van der Waals surface area contributed by atoms with Crippen molar-refractivity contribution in [3.8, 4) is 5.75 Å². The lowest BCUT2D eigenvalue weighted by Gasteiger charge is -2.10. The Labute approximate surface area is 112 Å². The third-order valence-corrected chi connectivity index (χ3v) is 2.75. The Morgan fingerprint density at radius 1 is 1.40 bits per heavy atom. The van der Waals surface area contributed by atoms with E-state index in [1.54, 1.807) is 12.1 Å². The third kappa shape index (κ3) is 2.66. The van der Waals surface area contributed by atoms with E-state index in [9.17, 15) is 18.8 Å². The van der Waals surface area contributed by atoms with Crippen LogP contribution in [-0.4, -0.2) is 22.9 Å². The monoisotopic (exact) mass is 278 g/mol. The maximum atomic E-state index is 13.2. The van der Waals surface area contributed by atoms with Gasteiger partial charge in [-0.05, 0) is 18.2 Å². The third-order valence-electron chi connectivity index (χ3n) is 2.75. The second-order valence-corrected chi connectivity index (χ2v) is 4.05. The van der Waals surface area contributed by atoms with E-state index >= 15 is 0 Å². The second kappa shape index (κ2) is 5.52. The Kier molecular flexibility index (Phi) is 3.79. The number of nitrogens with zero attached hydrogens (tertiary/aromatic N) is 1. The molecule has 1 aromatic heterocycles. The Morgan fingerprint density at radius 2 is 2.15 bits per heavy atom. The number of aldehydes is 1. The van der Waals surface area contributed by atoms with Crippen molar-refractivity contribution in [3.05, 3.63) is 62.2 Å². The summed E-state index contributed by atoms with van der Waals surface area (Å²) in [5, 5.41) is 0. The SMILES string of the molecule is COc1ccc(C=O)cc1Cn1cc(F)c(=O)[nH]c1=O. The predicted octanol–water partition coefficient (Wildman–Crippen LogP) is 0.545. The molecule has 0 aliphatic heterocycles. The van der Waals surface area contributed by atoms with Crippen molar-refractivity contribution in [3.63, 3.8) is 0 Å². The highest BCUT2D eigenvalue weighted by Gasteiger charge is 2.09. The quantitative estimate of drug-likeness (QED) is 0.828. The summed E-state index contributed by atoms with van der Waals surface area (Å²) < 4.78 is 19.3. The Morgan fingerprint density at radius 3 is 2.80 bits per heavy atom. The number of carbonyl (C=O) groups excluding carboxylic acids is 1. The summed E-state index contributed by atoms with van der Waals surface area (Å²) in [5.41, 5.74) is -0.890. The molecule has 104 valence electrons. The van der Waals surface area contributed by atoms with E-state index < -0.39 is 17.1 Å². The number of hydrogen-bond acceptors (Lipinski definition) is 4. The van der Waals surface area contributed by atoms with Crippen LogP contribution in [0.1, 0.15) is 15.9 Å². The summed E-state index contributed by atoms with van der Waals surface area (Å²) in [4.78, 5) is 35.2. The average Bonchev–Trinajstić information content (AvgIpc) is 2.44. The lowest BCUT2D eigenvalue weighted by Crippen LogP contribution is -2.31. The van der Waals surface area contributed by atoms with Crippen LogP contribution in [0.4, 0.5) is 4.39 Å². The van der Waals surface area contributed by atoms with Gasteiger partial charge in [0.05, 0.1) is 19.9 Å². The van der Waals surface area contributed by atoms with Gasteiger partial charge < -0.3 is 4.74 Å². The summed E-state index contributed by atoms with van der Waals surface area (Å²) in [6, 6.07) is 4.67. The molecule has 1 N–H and O–H groups in total. The fraction of sp³-hybridized carbons (Fsp3) is 0.154. The highest BCUT2D eigenvalue weighted by molar-refractivity contribution is 5.75. The first-order chi connectivity index (χ1) is 9.55. The Hall–Kier alpha value is -2.70. The number of hydrogen-bond donors (Lipinski definition) is 1. The van der Waals surface area contributed by atoms with Crippen molar-refractivity contribution in [1.82, 2.24) is 9.55 Å². The number of aromatic amines is 1. The van der Waals surface area contributed by atoms with E-state index in [2.05, 4.69) is 0 Å². The minimum Gasteiger partial charge on any atom is -0.496 e. The maximum Gasteiger partial charge on any atom is 0.328 e. The van der Waals surface area contributed by atoms with E-state index in [1.807, 2.05) is 4.98 Å². The van der Waals surface area contributed by atoms with Crippen molar-refractivity contribution in [1.29, 1.82) is 0 Å². The highest BCUT2D eigenvalue weighted by atomic mass is 19.1. The maximum absolute atomic E-state index is 13.2. The molecule has 0 saturated heterocycles. The van der Waals surface area contributed by atoms with Crippen LogP contribution in [-0.2, 0) is 6.54 Å². The molecule has 0 bridgehead atoms. The number of halogens is 1. The first kappa shape index (κ1) is 13.7. The Bertz CT molecular complexity index is 764. The number of carbonyl (C=O) groups is 1. The molecule has 0 aliphatic carbocycles. The fourth-order valence-corrected chi connectivity index (χ4v) is 1.78. The molecule has 0 radical (unpaired) electrons. The molecule has 1 aromatic carbocycles. The van der Waals surface area contributed by atoms with E-state index in [0.717, 1.165) is 10.8 Å². The zero-order valence-electron chi connectivity index (χ0n) is 10.6. The zero-order valence-corrected chi connectivity index (χ0v) is 10.6. The molecule has 20 heavy (non-hydrogen) atoms. The topological polar surface area (TPSA) is 81.2 Å². The van der Waals surface area contributed by atoms with Gasteiger partial charge in [0, 0.05) is 11.1 Å². The average molecular weight is 278 g/mol. The number of rotatable bonds is 4. The van der Waals surface area contributed by atoms with Crippen LogP contribution in [0, 0.1) is 5.82 Å². The molecule has 1 heterocycles. The van der Waals surface area contributed by atoms with Gasteiger partial charge in [-0.1, -0.05) is 0 Å². The van der Waals surface area contributed by atoms with Gasteiger partial charge in [-0.3, -0.25) is 19.1 Å². The summed E-state index contributed by atoms with van der Waals surface area (Å²) >= 11 is 0. The highest BCUT2D eigenvalue weighted by Crippen LogP contribution is 2.19. The van der Waals surface area contributed by atoms with Crippen LogP contribution in [0.2, 0.25) is 0 Å². The lowest BCUT2D eigenvalue weighted by atomic mass is 10.1. The molecule has 0 unspecified atom stereocenters. The van der Waals surface area contributed by atoms with Gasteiger partial charge in [0.1, 0.15) is 12.0 Å². The molecular weight excluding hydrogens is 267 g/mol. The molecule has 0 fully saturated rings. The normalized spacial score (nSPS) is 10.3. The molecule has 2 aromatic rings. The number of nitrogens with one attached hydrogen (secondary N) is 1. The van der Waals surface area contributed by atoms with Crippen LogP contribution in [0.3, 0.4) is 0 Å². The number of ether oxygens (including phenoxy) is 1. The standard InChI is InChI=1S/C13H11FN2O4/c1-20-11-3-2-8(7-17)4-9(11)5-16-6-10(14)12(18)15-13(16)19/h2-4,6-7H,5H2,1H3,(H,15,18,19). The molecule has 6 nitrogen and oxygen atoms in total. The van der Waals surface area contributed by atoms with Gasteiger partial charge in [0.15, 0.2) is 0 Å². The van der Waals surface area contributed by atoms with Crippen molar-refractivity contribution < 1.29 is 13.9 Å². The molecule has 0 aliphatic rings. The van der Waals surface area contributed by atoms with Crippen molar-refractivity contribution in [2.24, 2.45) is 0 Å². The van der Waals surface area contributed by atoms with E-state index in [1.165, 1.54) is 13.2 Å². The number of H-pyrrole nitrogens is 1. The van der Waals surface area contributed by atoms with E-state index in [0.29, 0.717) is 23.2 Å². The van der Waals surface area contributed by atoms with Crippen LogP contribution >= 0.6 is 0 Å². The summed E-state index contributed by atoms with van der Waals surface area (Å²) in [7, 11) is 1.44. The number of methoxy groups -OCH3 is 1. The molecule has 0 amide bonds. The van der Waals surface area contributed by atoms with Crippen molar-refractivity contribution >= 4 is 6.29 Å². The molecule has 7 heteroatoms. The first-order valence-electron chi connectivity index (χ1n) is 5.66. The second-order valence-electron chi connectivity index (χ2n) is 4.05. The zero-order chi connectivity index (χ0) is 14.7. The van der Waals surface area contributed by atoms with Crippen molar-refractivity contribution in [2.75, 3.05) is 7.11 Å². The largest absolute Gasteiger partial charge is 0.496 e. The van der Waals surface area contributed by atoms with Crippen LogP contribution in [0.25, 0.3) is 0 Å². The summed E-state index contributed by atoms with van der Waals surface area (Å²) in [5.74, 6) is -0.607. The first-order valence-corrected chi connectivity index (χ1v) is 5.66. The van der Waals surface area contributed by atoms with Gasteiger partial charge in [0.25, 0.3) is 5.56 Å². The summed E-state index contributed by atoms with van der Waals surface area (Å²) in [6.45, 7) is -0.0304. The van der Waals surface area contributed by atoms with E-state index in [-0.39, 0.29) is 6.54 Å². The van der Waals surface area contributed by atoms with Gasteiger partial charge in [-0.15, -0.1) is 0 Å². The minimum absolute atomic E-state index is 0.0304.